The van der Waals surface area contributed by atoms with Crippen LogP contribution in [0, 0.1) is 32.1 Å². The number of aryl methyl sites for hydroxylation is 3. The van der Waals surface area contributed by atoms with E-state index in [1.807, 2.05) is 60.2 Å². The van der Waals surface area contributed by atoms with Crippen molar-refractivity contribution in [1.82, 2.24) is 49.6 Å². The Bertz CT molecular complexity index is 2760. The van der Waals surface area contributed by atoms with Gasteiger partial charge in [-0.25, -0.2) is 9.97 Å². The standard InChI is InChI=1S/C46H50N14O2/c1-28-18-38-39(19-29(28)2)52-41(51-38)26-58(6)46-55-44(54-45(56-46)53-40(43(62)57(4)5)22-31-10-12-32(24-47)13-11-31)50-34-9-7-8-33(21-34)25-59-14-16-60(17-15-59)42(61)35-23-37-36(20-30(35)3)48-27-49-37/h7-13,18-21,23,27,40H,14-17,22,25-26H2,1-6H3,(H,48,49)(H,51,52)(H2,50,53,54,55,56). The summed E-state index contributed by atoms with van der Waals surface area (Å²) in [7, 11) is 5.31. The zero-order valence-electron chi connectivity index (χ0n) is 35.8. The molecule has 1 saturated heterocycles. The van der Waals surface area contributed by atoms with Crippen LogP contribution in [0.1, 0.15) is 49.6 Å². The maximum atomic E-state index is 13.6. The van der Waals surface area contributed by atoms with Crippen molar-refractivity contribution >= 4 is 57.4 Å². The fraction of sp³-hybridized carbons (Fsp3) is 0.304. The summed E-state index contributed by atoms with van der Waals surface area (Å²) in [6, 6.07) is 24.8. The van der Waals surface area contributed by atoms with E-state index in [2.05, 4.69) is 74.7 Å². The number of nitriles is 1. The van der Waals surface area contributed by atoms with E-state index in [-0.39, 0.29) is 17.8 Å². The van der Waals surface area contributed by atoms with Crippen LogP contribution in [0.25, 0.3) is 22.1 Å². The van der Waals surface area contributed by atoms with Crippen molar-refractivity contribution in [3.05, 3.63) is 124 Å². The predicted molar refractivity (Wildman–Crippen MR) is 240 cm³/mol. The number of aromatic nitrogens is 7. The third-order valence-corrected chi connectivity index (χ3v) is 11.3. The molecule has 1 aliphatic rings. The second-order valence-electron chi connectivity index (χ2n) is 16.2. The number of H-pyrrole nitrogens is 2. The molecule has 4 heterocycles. The van der Waals surface area contributed by atoms with Crippen molar-refractivity contribution in [2.45, 2.75) is 46.3 Å². The first-order valence-electron chi connectivity index (χ1n) is 20.6. The van der Waals surface area contributed by atoms with Gasteiger partial charge in [-0.05, 0) is 97.1 Å². The summed E-state index contributed by atoms with van der Waals surface area (Å²) in [6.45, 7) is 9.94. The van der Waals surface area contributed by atoms with Crippen molar-refractivity contribution in [3.63, 3.8) is 0 Å². The Kier molecular flexibility index (Phi) is 11.8. The molecule has 1 atom stereocenters. The number of nitrogens with one attached hydrogen (secondary N) is 4. The van der Waals surface area contributed by atoms with Crippen molar-refractivity contribution in [3.8, 4) is 6.07 Å². The molecule has 16 heteroatoms. The van der Waals surface area contributed by atoms with E-state index in [0.717, 1.165) is 63.4 Å². The normalized spacial score (nSPS) is 13.5. The lowest BCUT2D eigenvalue weighted by molar-refractivity contribution is -0.129. The number of benzene rings is 4. The van der Waals surface area contributed by atoms with E-state index < -0.39 is 6.04 Å². The number of anilines is 4. The van der Waals surface area contributed by atoms with Crippen LogP contribution in [-0.2, 0) is 24.3 Å². The number of carbonyl (C=O) groups excluding carboxylic acids is 2. The third kappa shape index (κ3) is 9.33. The highest BCUT2D eigenvalue weighted by Gasteiger charge is 2.26. The number of hydrogen-bond donors (Lipinski definition) is 4. The van der Waals surface area contributed by atoms with Gasteiger partial charge in [0.2, 0.25) is 23.8 Å². The first-order valence-corrected chi connectivity index (χ1v) is 20.6. The van der Waals surface area contributed by atoms with Gasteiger partial charge in [-0.15, -0.1) is 0 Å². The molecule has 0 bridgehead atoms. The highest BCUT2D eigenvalue weighted by atomic mass is 16.2. The molecule has 7 aromatic rings. The Morgan fingerprint density at radius 2 is 1.56 bits per heavy atom. The van der Waals surface area contributed by atoms with E-state index in [1.165, 1.54) is 16.0 Å². The lowest BCUT2D eigenvalue weighted by atomic mass is 10.0. The van der Waals surface area contributed by atoms with Gasteiger partial charge in [-0.2, -0.15) is 20.2 Å². The molecule has 4 aromatic carbocycles. The molecule has 0 aliphatic carbocycles. The minimum Gasteiger partial charge on any atom is -0.347 e. The van der Waals surface area contributed by atoms with E-state index >= 15 is 0 Å². The number of amides is 2. The molecule has 8 rings (SSSR count). The lowest BCUT2D eigenvalue weighted by Gasteiger charge is -2.35. The predicted octanol–water partition coefficient (Wildman–Crippen LogP) is 5.87. The van der Waals surface area contributed by atoms with Crippen LogP contribution in [0.15, 0.2) is 79.1 Å². The molecule has 3 aromatic heterocycles. The van der Waals surface area contributed by atoms with Crippen LogP contribution in [0.3, 0.4) is 0 Å². The van der Waals surface area contributed by atoms with Crippen molar-refractivity contribution in [2.24, 2.45) is 0 Å². The smallest absolute Gasteiger partial charge is 0.254 e. The monoisotopic (exact) mass is 830 g/mol. The van der Waals surface area contributed by atoms with Gasteiger partial charge in [0, 0.05) is 71.5 Å². The summed E-state index contributed by atoms with van der Waals surface area (Å²) >= 11 is 0. The van der Waals surface area contributed by atoms with E-state index in [0.29, 0.717) is 55.6 Å². The zero-order chi connectivity index (χ0) is 43.5. The van der Waals surface area contributed by atoms with Gasteiger partial charge in [0.15, 0.2) is 0 Å². The minimum absolute atomic E-state index is 0.0314. The molecule has 0 radical (unpaired) electrons. The van der Waals surface area contributed by atoms with E-state index in [4.69, 9.17) is 19.9 Å². The Morgan fingerprint density at radius 3 is 2.32 bits per heavy atom. The summed E-state index contributed by atoms with van der Waals surface area (Å²) in [5, 5.41) is 16.0. The highest BCUT2D eigenvalue weighted by Crippen LogP contribution is 2.24. The third-order valence-electron chi connectivity index (χ3n) is 11.3. The van der Waals surface area contributed by atoms with Crippen LogP contribution in [-0.4, -0.2) is 115 Å². The Balaban J connectivity index is 1.00. The van der Waals surface area contributed by atoms with Crippen LogP contribution in [0.2, 0.25) is 0 Å². The van der Waals surface area contributed by atoms with Crippen molar-refractivity contribution in [1.29, 1.82) is 5.26 Å². The summed E-state index contributed by atoms with van der Waals surface area (Å²) in [5.41, 5.74) is 10.8. The van der Waals surface area contributed by atoms with Crippen LogP contribution >= 0.6 is 0 Å². The molecule has 2 amide bonds. The van der Waals surface area contributed by atoms with Crippen molar-refractivity contribution < 1.29 is 9.59 Å². The van der Waals surface area contributed by atoms with Crippen LogP contribution < -0.4 is 15.5 Å². The number of piperazine rings is 1. The Hall–Kier alpha value is -7.38. The topological polar surface area (TPSA) is 191 Å². The van der Waals surface area contributed by atoms with Gasteiger partial charge in [-0.3, -0.25) is 14.5 Å². The number of imidazole rings is 2. The first-order chi connectivity index (χ1) is 29.9. The molecule has 16 nitrogen and oxygen atoms in total. The number of fused-ring (bicyclic) bond motifs is 2. The number of rotatable bonds is 13. The molecule has 4 N–H and O–H groups in total. The van der Waals surface area contributed by atoms with Crippen molar-refractivity contribution in [2.75, 3.05) is 62.9 Å². The van der Waals surface area contributed by atoms with Crippen LogP contribution in [0.4, 0.5) is 23.5 Å². The van der Waals surface area contributed by atoms with Crippen LogP contribution in [0.5, 0.6) is 0 Å². The molecule has 316 valence electrons. The fourth-order valence-corrected chi connectivity index (χ4v) is 7.70. The molecular weight excluding hydrogens is 781 g/mol. The molecule has 0 saturated carbocycles. The molecule has 0 spiro atoms. The molecule has 62 heavy (non-hydrogen) atoms. The van der Waals surface area contributed by atoms with Gasteiger partial charge >= 0.3 is 0 Å². The zero-order valence-corrected chi connectivity index (χ0v) is 35.8. The van der Waals surface area contributed by atoms with Gasteiger partial charge in [0.1, 0.15) is 11.9 Å². The number of nitrogens with zero attached hydrogens (tertiary/aromatic N) is 10. The first kappa shape index (κ1) is 41.4. The number of aromatic amines is 2. The summed E-state index contributed by atoms with van der Waals surface area (Å²) in [5.74, 6) is 1.51. The summed E-state index contributed by atoms with van der Waals surface area (Å²) in [6.07, 6.45) is 1.99. The molecule has 1 aliphatic heterocycles. The average molecular weight is 831 g/mol. The van der Waals surface area contributed by atoms with E-state index in [9.17, 15) is 14.9 Å². The fourth-order valence-electron chi connectivity index (χ4n) is 7.70. The van der Waals surface area contributed by atoms with Gasteiger partial charge in [-0.1, -0.05) is 24.3 Å². The Morgan fingerprint density at radius 1 is 0.823 bits per heavy atom. The number of likely N-dealkylation sites (N-methyl/N-ethyl adjacent to an activating group) is 1. The molecule has 1 unspecified atom stereocenters. The van der Waals surface area contributed by atoms with Gasteiger partial charge in [0.05, 0.1) is 46.6 Å². The molecular formula is C46H50N14O2. The van der Waals surface area contributed by atoms with Gasteiger partial charge in [0.25, 0.3) is 5.91 Å². The maximum absolute atomic E-state index is 13.6. The summed E-state index contributed by atoms with van der Waals surface area (Å²) in [4.78, 5) is 65.0. The highest BCUT2D eigenvalue weighted by molar-refractivity contribution is 5.99. The largest absolute Gasteiger partial charge is 0.347 e. The van der Waals surface area contributed by atoms with Gasteiger partial charge < -0.3 is 35.3 Å². The number of carbonyl (C=O) groups is 2. The number of hydrogen-bond acceptors (Lipinski definition) is 12. The Labute approximate surface area is 360 Å². The second-order valence-corrected chi connectivity index (χ2v) is 16.2. The lowest BCUT2D eigenvalue weighted by Crippen LogP contribution is -2.48. The summed E-state index contributed by atoms with van der Waals surface area (Å²) < 4.78 is 0. The quantitative estimate of drug-likeness (QED) is 0.108. The SMILES string of the molecule is Cc1cc2nc(CN(C)c3nc(Nc4cccc(CN5CCN(C(=O)c6cc7nc[nH]c7cc6C)CC5)c4)nc(NC(Cc4ccc(C#N)cc4)C(=O)N(C)C)n3)[nH]c2cc1C. The molecule has 1 fully saturated rings. The maximum Gasteiger partial charge on any atom is 0.254 e. The average Bonchev–Trinajstić information content (AvgIpc) is 3.88. The minimum atomic E-state index is -0.712. The second kappa shape index (κ2) is 17.7. The van der Waals surface area contributed by atoms with E-state index in [1.54, 1.807) is 32.6 Å².